The fraction of sp³-hybridized carbons (Fsp3) is 0.250. The zero-order chi connectivity index (χ0) is 15.8. The van der Waals surface area contributed by atoms with Crippen LogP contribution < -0.4 is 15.5 Å². The van der Waals surface area contributed by atoms with Gasteiger partial charge in [0.25, 0.3) is 0 Å². The van der Waals surface area contributed by atoms with Gasteiger partial charge in [-0.2, -0.15) is 0 Å². The van der Waals surface area contributed by atoms with E-state index in [1.165, 1.54) is 31.2 Å². The highest BCUT2D eigenvalue weighted by Crippen LogP contribution is 2.16. The molecule has 0 unspecified atom stereocenters. The van der Waals surface area contributed by atoms with Crippen LogP contribution in [0.4, 0.5) is 5.69 Å². The van der Waals surface area contributed by atoms with E-state index in [1.807, 2.05) is 0 Å². The lowest BCUT2D eigenvalue weighted by Crippen LogP contribution is -2.48. The number of carbonyl (C=O) groups is 3. The molecule has 1 rings (SSSR count). The van der Waals surface area contributed by atoms with E-state index in [-0.39, 0.29) is 11.3 Å². The standard InChI is InChI=1S/C12H13N3O5S/c1-7(16)13-10(12(19)20)6-21-15-14-9-4-2-8(3-5-9)11(17)18/h2-5,10H,6H2,1H3,(H,13,16)(H,17,18)(H,19,20)/p-2/t10-/m1/s1. The smallest absolute Gasteiger partial charge is 0.217 e. The van der Waals surface area contributed by atoms with Crippen LogP contribution in [0, 0.1) is 0 Å². The van der Waals surface area contributed by atoms with Gasteiger partial charge in [0, 0.05) is 24.6 Å². The van der Waals surface area contributed by atoms with Gasteiger partial charge in [0.15, 0.2) is 0 Å². The van der Waals surface area contributed by atoms with Crippen molar-refractivity contribution < 1.29 is 24.6 Å². The monoisotopic (exact) mass is 309 g/mol. The molecule has 0 radical (unpaired) electrons. The number of rotatable bonds is 7. The summed E-state index contributed by atoms with van der Waals surface area (Å²) in [4.78, 5) is 32.0. The molecule has 21 heavy (non-hydrogen) atoms. The topological polar surface area (TPSA) is 134 Å². The van der Waals surface area contributed by atoms with E-state index >= 15 is 0 Å². The van der Waals surface area contributed by atoms with E-state index in [1.54, 1.807) is 0 Å². The molecule has 0 aliphatic heterocycles. The second-order valence-electron chi connectivity index (χ2n) is 3.88. The van der Waals surface area contributed by atoms with E-state index in [0.717, 1.165) is 11.9 Å². The number of aliphatic carboxylic acids is 1. The van der Waals surface area contributed by atoms with Crippen LogP contribution in [0.2, 0.25) is 0 Å². The molecule has 0 aromatic heterocycles. The molecular formula is C12H11N3O5S-2. The van der Waals surface area contributed by atoms with Crippen molar-refractivity contribution in [1.29, 1.82) is 0 Å². The Morgan fingerprint density at radius 2 is 1.86 bits per heavy atom. The lowest BCUT2D eigenvalue weighted by atomic mass is 10.2. The Morgan fingerprint density at radius 3 is 2.33 bits per heavy atom. The van der Waals surface area contributed by atoms with Gasteiger partial charge in [-0.15, -0.1) is 9.63 Å². The Labute approximate surface area is 124 Å². The van der Waals surface area contributed by atoms with Gasteiger partial charge in [-0.1, -0.05) is 12.1 Å². The molecule has 0 heterocycles. The minimum atomic E-state index is -1.41. The predicted molar refractivity (Wildman–Crippen MR) is 70.4 cm³/mol. The summed E-state index contributed by atoms with van der Waals surface area (Å²) in [5, 5.41) is 27.2. The van der Waals surface area contributed by atoms with Gasteiger partial charge >= 0.3 is 0 Å². The zero-order valence-electron chi connectivity index (χ0n) is 10.9. The van der Waals surface area contributed by atoms with Crippen molar-refractivity contribution in [3.63, 3.8) is 0 Å². The number of carboxylic acids is 2. The number of carboxylic acid groups (broad SMARTS) is 2. The predicted octanol–water partition coefficient (Wildman–Crippen LogP) is -0.963. The first-order chi connectivity index (χ1) is 9.90. The van der Waals surface area contributed by atoms with Gasteiger partial charge in [0.2, 0.25) is 5.91 Å². The fourth-order valence-electron chi connectivity index (χ4n) is 1.26. The molecule has 1 atom stereocenters. The Kier molecular flexibility index (Phi) is 6.34. The van der Waals surface area contributed by atoms with Crippen molar-refractivity contribution in [1.82, 2.24) is 5.32 Å². The second kappa shape index (κ2) is 8.00. The minimum Gasteiger partial charge on any atom is -0.548 e. The molecule has 112 valence electrons. The van der Waals surface area contributed by atoms with Crippen molar-refractivity contribution in [2.75, 3.05) is 5.75 Å². The first-order valence-corrected chi connectivity index (χ1v) is 6.66. The number of aromatic carboxylic acids is 1. The minimum absolute atomic E-state index is 0.0178. The lowest BCUT2D eigenvalue weighted by Gasteiger charge is -2.16. The number of carbonyl (C=O) groups excluding carboxylic acids is 3. The molecule has 0 saturated carbocycles. The maximum atomic E-state index is 10.8. The summed E-state index contributed by atoms with van der Waals surface area (Å²) >= 11 is 0.831. The molecule has 0 saturated heterocycles. The molecule has 9 heteroatoms. The van der Waals surface area contributed by atoms with Gasteiger partial charge < -0.3 is 25.1 Å². The van der Waals surface area contributed by atoms with Crippen LogP contribution in [0.1, 0.15) is 17.3 Å². The van der Waals surface area contributed by atoms with Gasteiger partial charge in [0.1, 0.15) is 0 Å². The van der Waals surface area contributed by atoms with Crippen LogP contribution in [-0.2, 0) is 9.59 Å². The van der Waals surface area contributed by atoms with Crippen LogP contribution in [0.25, 0.3) is 0 Å². The summed E-state index contributed by atoms with van der Waals surface area (Å²) in [6.07, 6.45) is 0. The third kappa shape index (κ3) is 6.04. The molecule has 0 aliphatic rings. The highest BCUT2D eigenvalue weighted by atomic mass is 32.2. The van der Waals surface area contributed by atoms with Crippen LogP contribution in [0.3, 0.4) is 0 Å². The third-order valence-electron chi connectivity index (χ3n) is 2.22. The van der Waals surface area contributed by atoms with E-state index in [2.05, 4.69) is 15.0 Å². The number of nitrogens with zero attached hydrogens (tertiary/aromatic N) is 2. The quantitative estimate of drug-likeness (QED) is 0.509. The largest absolute Gasteiger partial charge is 0.548 e. The molecular weight excluding hydrogens is 298 g/mol. The number of hydrogen-bond donors (Lipinski definition) is 1. The summed E-state index contributed by atoms with van der Waals surface area (Å²) < 4.78 is 3.68. The van der Waals surface area contributed by atoms with Gasteiger partial charge in [-0.3, -0.25) is 4.79 Å². The fourth-order valence-corrected chi connectivity index (χ4v) is 1.85. The Balaban J connectivity index is 2.51. The van der Waals surface area contributed by atoms with Crippen molar-refractivity contribution in [2.24, 2.45) is 9.63 Å². The van der Waals surface area contributed by atoms with Crippen LogP contribution in [0.5, 0.6) is 0 Å². The van der Waals surface area contributed by atoms with Gasteiger partial charge in [0.05, 0.1) is 23.7 Å². The number of benzene rings is 1. The van der Waals surface area contributed by atoms with Crippen molar-refractivity contribution in [3.05, 3.63) is 29.8 Å². The first kappa shape index (κ1) is 16.6. The molecule has 0 fully saturated rings. The summed E-state index contributed by atoms with van der Waals surface area (Å²) in [5.41, 5.74) is 0.418. The normalized spacial score (nSPS) is 12.0. The Bertz CT molecular complexity index is 559. The van der Waals surface area contributed by atoms with Crippen LogP contribution in [-0.4, -0.2) is 29.6 Å². The average Bonchev–Trinajstić information content (AvgIpc) is 2.42. The van der Waals surface area contributed by atoms with Gasteiger partial charge in [-0.05, 0) is 17.7 Å². The highest BCUT2D eigenvalue weighted by molar-refractivity contribution is 7.97. The molecule has 0 bridgehead atoms. The molecule has 1 aromatic carbocycles. The molecule has 8 nitrogen and oxygen atoms in total. The molecule has 1 N–H and O–H groups in total. The van der Waals surface area contributed by atoms with Crippen LogP contribution >= 0.6 is 11.9 Å². The summed E-state index contributed by atoms with van der Waals surface area (Å²) in [6.45, 7) is 1.20. The van der Waals surface area contributed by atoms with Crippen molar-refractivity contribution >= 4 is 35.5 Å². The number of hydrogen-bond acceptors (Lipinski definition) is 8. The lowest BCUT2D eigenvalue weighted by molar-refractivity contribution is -0.307. The van der Waals surface area contributed by atoms with Gasteiger partial charge in [-0.25, -0.2) is 0 Å². The average molecular weight is 309 g/mol. The third-order valence-corrected chi connectivity index (χ3v) is 2.90. The van der Waals surface area contributed by atoms with Crippen molar-refractivity contribution in [2.45, 2.75) is 13.0 Å². The summed E-state index contributed by atoms with van der Waals surface area (Å²) in [6, 6.07) is 4.33. The first-order valence-electron chi connectivity index (χ1n) is 5.72. The van der Waals surface area contributed by atoms with Crippen LogP contribution in [0.15, 0.2) is 33.9 Å². The van der Waals surface area contributed by atoms with E-state index in [0.29, 0.717) is 5.69 Å². The molecule has 1 amide bonds. The SMILES string of the molecule is CC(=O)N[C@H](CSN=Nc1ccc(C(=O)[O-])cc1)C(=O)[O-]. The zero-order valence-corrected chi connectivity index (χ0v) is 11.8. The van der Waals surface area contributed by atoms with E-state index < -0.39 is 23.9 Å². The second-order valence-corrected chi connectivity index (χ2v) is 4.64. The molecule has 1 aromatic rings. The van der Waals surface area contributed by atoms with Crippen molar-refractivity contribution in [3.8, 4) is 0 Å². The number of nitrogens with one attached hydrogen (secondary N) is 1. The van der Waals surface area contributed by atoms with E-state index in [9.17, 15) is 24.6 Å². The molecule has 0 spiro atoms. The summed E-state index contributed by atoms with van der Waals surface area (Å²) in [5.74, 6) is -3.23. The maximum Gasteiger partial charge on any atom is 0.217 e. The summed E-state index contributed by atoms with van der Waals surface area (Å²) in [7, 11) is 0. The van der Waals surface area contributed by atoms with E-state index in [4.69, 9.17) is 0 Å². The Morgan fingerprint density at radius 1 is 1.24 bits per heavy atom. The molecule has 0 aliphatic carbocycles. The number of amides is 1. The Hall–Kier alpha value is -2.42. The highest BCUT2D eigenvalue weighted by Gasteiger charge is 2.10. The maximum absolute atomic E-state index is 10.8.